The van der Waals surface area contributed by atoms with Crippen LogP contribution in [-0.4, -0.2) is 29.0 Å². The number of hydrogen-bond acceptors (Lipinski definition) is 4. The van der Waals surface area contributed by atoms with Gasteiger partial charge in [-0.1, -0.05) is 6.92 Å². The van der Waals surface area contributed by atoms with Crippen LogP contribution in [0.1, 0.15) is 18.2 Å². The van der Waals surface area contributed by atoms with Crippen LogP contribution in [0.3, 0.4) is 0 Å². The molecule has 2 rings (SSSR count). The van der Waals surface area contributed by atoms with E-state index in [0.717, 1.165) is 26.1 Å². The predicted molar refractivity (Wildman–Crippen MR) is 66.4 cm³/mol. The van der Waals surface area contributed by atoms with E-state index < -0.39 is 0 Å². The van der Waals surface area contributed by atoms with Crippen molar-refractivity contribution in [1.82, 2.24) is 9.88 Å². The first kappa shape index (κ1) is 12.9. The van der Waals surface area contributed by atoms with Gasteiger partial charge in [0.25, 0.3) is 0 Å². The second kappa shape index (κ2) is 5.80. The summed E-state index contributed by atoms with van der Waals surface area (Å²) in [6, 6.07) is 0.396. The average Bonchev–Trinajstić information content (AvgIpc) is 2.64. The van der Waals surface area contributed by atoms with Gasteiger partial charge in [0.1, 0.15) is 0 Å². The molecule has 0 spiro atoms. The van der Waals surface area contributed by atoms with Crippen LogP contribution >= 0.6 is 23.7 Å². The third-order valence-electron chi connectivity index (χ3n) is 2.92. The highest BCUT2D eigenvalue weighted by molar-refractivity contribution is 7.09. The fourth-order valence-corrected chi connectivity index (χ4v) is 2.57. The lowest BCUT2D eigenvalue weighted by Crippen LogP contribution is -2.45. The predicted octanol–water partition coefficient (Wildman–Crippen LogP) is 1.73. The van der Waals surface area contributed by atoms with E-state index in [1.807, 2.05) is 11.7 Å². The molecule has 1 saturated heterocycles. The molecule has 1 aromatic rings. The van der Waals surface area contributed by atoms with Gasteiger partial charge in [0.2, 0.25) is 0 Å². The van der Waals surface area contributed by atoms with Crippen LogP contribution in [-0.2, 0) is 6.54 Å². The molecule has 0 bridgehead atoms. The number of halogens is 1. The molecular formula is C10H18ClN3S. The Labute approximate surface area is 101 Å². The van der Waals surface area contributed by atoms with Crippen LogP contribution in [0.2, 0.25) is 0 Å². The summed E-state index contributed by atoms with van der Waals surface area (Å²) < 4.78 is 0. The molecule has 0 saturated carbocycles. The minimum atomic E-state index is 0. The van der Waals surface area contributed by atoms with Gasteiger partial charge in [-0.2, -0.15) is 0 Å². The maximum absolute atomic E-state index is 5.98. The number of likely N-dealkylation sites (tertiary alicyclic amines) is 1. The maximum Gasteiger partial charge on any atom is 0.0794 e. The molecule has 2 heterocycles. The number of piperidine rings is 1. The number of rotatable bonds is 2. The topological polar surface area (TPSA) is 42.2 Å². The van der Waals surface area contributed by atoms with E-state index in [1.165, 1.54) is 4.88 Å². The van der Waals surface area contributed by atoms with Crippen molar-refractivity contribution in [3.63, 3.8) is 0 Å². The zero-order valence-electron chi connectivity index (χ0n) is 8.93. The van der Waals surface area contributed by atoms with Gasteiger partial charge in [-0.15, -0.1) is 23.7 Å². The second-order valence-electron chi connectivity index (χ2n) is 4.13. The number of nitrogens with zero attached hydrogens (tertiary/aromatic N) is 2. The van der Waals surface area contributed by atoms with Crippen LogP contribution in [0.5, 0.6) is 0 Å². The van der Waals surface area contributed by atoms with Crippen LogP contribution in [0.15, 0.2) is 11.7 Å². The Bertz CT molecular complexity index is 278. The largest absolute Gasteiger partial charge is 0.327 e. The average molecular weight is 248 g/mol. The first-order valence-electron chi connectivity index (χ1n) is 5.11. The van der Waals surface area contributed by atoms with Gasteiger partial charge in [-0.3, -0.25) is 9.88 Å². The fourth-order valence-electron chi connectivity index (χ4n) is 1.93. The Morgan fingerprint density at radius 2 is 2.47 bits per heavy atom. The normalized spacial score (nSPS) is 27.3. The molecule has 2 N–H and O–H groups in total. The summed E-state index contributed by atoms with van der Waals surface area (Å²) in [6.45, 7) is 5.54. The van der Waals surface area contributed by atoms with E-state index in [0.29, 0.717) is 12.0 Å². The van der Waals surface area contributed by atoms with E-state index in [2.05, 4.69) is 16.8 Å². The third kappa shape index (κ3) is 3.41. The van der Waals surface area contributed by atoms with Crippen molar-refractivity contribution in [3.05, 3.63) is 16.6 Å². The van der Waals surface area contributed by atoms with Gasteiger partial charge >= 0.3 is 0 Å². The van der Waals surface area contributed by atoms with Crippen molar-refractivity contribution in [1.29, 1.82) is 0 Å². The summed E-state index contributed by atoms with van der Waals surface area (Å²) in [5.74, 6) is 0.622. The molecular weight excluding hydrogens is 230 g/mol. The monoisotopic (exact) mass is 247 g/mol. The van der Waals surface area contributed by atoms with Gasteiger partial charge < -0.3 is 5.73 Å². The van der Waals surface area contributed by atoms with E-state index in [-0.39, 0.29) is 12.4 Å². The van der Waals surface area contributed by atoms with E-state index >= 15 is 0 Å². The smallest absolute Gasteiger partial charge is 0.0794 e. The number of nitrogens with two attached hydrogens (primary N) is 1. The molecule has 2 atom stereocenters. The lowest BCUT2D eigenvalue weighted by Gasteiger charge is -2.34. The van der Waals surface area contributed by atoms with Gasteiger partial charge in [0, 0.05) is 36.8 Å². The van der Waals surface area contributed by atoms with Crippen molar-refractivity contribution >= 4 is 23.7 Å². The molecule has 2 unspecified atom stereocenters. The summed E-state index contributed by atoms with van der Waals surface area (Å²) in [4.78, 5) is 7.92. The molecule has 5 heteroatoms. The number of aromatic nitrogens is 1. The quantitative estimate of drug-likeness (QED) is 0.866. The van der Waals surface area contributed by atoms with Gasteiger partial charge in [0.15, 0.2) is 0 Å². The van der Waals surface area contributed by atoms with Crippen LogP contribution in [0, 0.1) is 5.92 Å². The molecule has 0 radical (unpaired) electrons. The minimum Gasteiger partial charge on any atom is -0.327 e. The van der Waals surface area contributed by atoms with Gasteiger partial charge in [-0.25, -0.2) is 0 Å². The minimum absolute atomic E-state index is 0. The first-order valence-corrected chi connectivity index (χ1v) is 5.99. The molecule has 0 aliphatic carbocycles. The van der Waals surface area contributed by atoms with Crippen LogP contribution in [0.25, 0.3) is 0 Å². The standard InChI is InChI=1S/C10H17N3S.ClH/c1-8-5-13(3-2-10(8)11)6-9-4-12-7-14-9;/h4,7-8,10H,2-3,5-6,11H2,1H3;1H. The highest BCUT2D eigenvalue weighted by atomic mass is 35.5. The number of hydrogen-bond donors (Lipinski definition) is 1. The molecule has 1 aromatic heterocycles. The van der Waals surface area contributed by atoms with E-state index in [1.54, 1.807) is 11.3 Å². The van der Waals surface area contributed by atoms with Crippen molar-refractivity contribution in [2.75, 3.05) is 13.1 Å². The molecule has 86 valence electrons. The summed E-state index contributed by atoms with van der Waals surface area (Å²) >= 11 is 1.73. The fraction of sp³-hybridized carbons (Fsp3) is 0.700. The third-order valence-corrected chi connectivity index (χ3v) is 3.68. The summed E-state index contributed by atoms with van der Waals surface area (Å²) in [7, 11) is 0. The summed E-state index contributed by atoms with van der Waals surface area (Å²) in [5, 5.41) is 0. The van der Waals surface area contributed by atoms with Gasteiger partial charge in [-0.05, 0) is 12.3 Å². The molecule has 1 aliphatic rings. The lowest BCUT2D eigenvalue weighted by atomic mass is 9.95. The SMILES string of the molecule is CC1CN(Cc2cncs2)CCC1N.Cl. The maximum atomic E-state index is 5.98. The Kier molecular flexibility index (Phi) is 4.99. The first-order chi connectivity index (χ1) is 6.75. The van der Waals surface area contributed by atoms with Crippen molar-refractivity contribution in [2.24, 2.45) is 11.7 Å². The van der Waals surface area contributed by atoms with Crippen molar-refractivity contribution in [3.8, 4) is 0 Å². The molecule has 1 fully saturated rings. The Hall–Kier alpha value is -0.160. The Morgan fingerprint density at radius 3 is 3.07 bits per heavy atom. The molecule has 0 amide bonds. The lowest BCUT2D eigenvalue weighted by molar-refractivity contribution is 0.159. The molecule has 15 heavy (non-hydrogen) atoms. The zero-order valence-corrected chi connectivity index (χ0v) is 10.6. The second-order valence-corrected chi connectivity index (χ2v) is 5.10. The number of thiazole rings is 1. The zero-order chi connectivity index (χ0) is 9.97. The van der Waals surface area contributed by atoms with Gasteiger partial charge in [0.05, 0.1) is 5.51 Å². The summed E-state index contributed by atoms with van der Waals surface area (Å²) in [5.41, 5.74) is 7.87. The molecule has 1 aliphatic heterocycles. The van der Waals surface area contributed by atoms with Crippen LogP contribution in [0.4, 0.5) is 0 Å². The Morgan fingerprint density at radius 1 is 1.67 bits per heavy atom. The van der Waals surface area contributed by atoms with E-state index in [9.17, 15) is 0 Å². The summed E-state index contributed by atoms with van der Waals surface area (Å²) in [6.07, 6.45) is 3.09. The molecule has 3 nitrogen and oxygen atoms in total. The van der Waals surface area contributed by atoms with Crippen LogP contribution < -0.4 is 5.73 Å². The Balaban J connectivity index is 0.00000112. The van der Waals surface area contributed by atoms with Crippen molar-refractivity contribution < 1.29 is 0 Å². The molecule has 0 aromatic carbocycles. The highest BCUT2D eigenvalue weighted by Crippen LogP contribution is 2.18. The highest BCUT2D eigenvalue weighted by Gasteiger charge is 2.22. The van der Waals surface area contributed by atoms with E-state index in [4.69, 9.17) is 5.73 Å². The van der Waals surface area contributed by atoms with Crippen molar-refractivity contribution in [2.45, 2.75) is 25.9 Å².